The molecule has 3 amide bonds. The maximum Gasteiger partial charge on any atom is 0.315 e. The average Bonchev–Trinajstić information content (AvgIpc) is 2.54. The minimum Gasteiger partial charge on any atom is -0.493 e. The predicted molar refractivity (Wildman–Crippen MR) is 97.6 cm³/mol. The van der Waals surface area contributed by atoms with Crippen LogP contribution in [0.2, 0.25) is 0 Å². The van der Waals surface area contributed by atoms with Gasteiger partial charge in [0.2, 0.25) is 5.91 Å². The molecule has 1 saturated heterocycles. The Morgan fingerprint density at radius 3 is 2.40 bits per heavy atom. The number of piperidine rings is 1. The first-order valence-electron chi connectivity index (χ1n) is 8.88. The number of benzene rings is 1. The predicted octanol–water partition coefficient (Wildman–Crippen LogP) is 2.54. The van der Waals surface area contributed by atoms with E-state index in [4.69, 9.17) is 4.74 Å². The van der Waals surface area contributed by atoms with Crippen LogP contribution < -0.4 is 15.4 Å². The molecule has 1 fully saturated rings. The lowest BCUT2D eigenvalue weighted by atomic mass is 10.0. The number of carbonyl (C=O) groups is 2. The largest absolute Gasteiger partial charge is 0.493 e. The second kappa shape index (κ2) is 8.74. The number of urea groups is 1. The first kappa shape index (κ1) is 19.1. The number of hydrogen-bond donors (Lipinski definition) is 2. The molecule has 0 bridgehead atoms. The van der Waals surface area contributed by atoms with Gasteiger partial charge in [0.25, 0.3) is 0 Å². The van der Waals surface area contributed by atoms with E-state index in [0.29, 0.717) is 26.1 Å². The quantitative estimate of drug-likeness (QED) is 0.860. The summed E-state index contributed by atoms with van der Waals surface area (Å²) in [6.07, 6.45) is 1.93. The molecule has 0 atom stereocenters. The highest BCUT2D eigenvalue weighted by atomic mass is 16.5. The van der Waals surface area contributed by atoms with Crippen molar-refractivity contribution in [2.24, 2.45) is 0 Å². The third kappa shape index (κ3) is 7.03. The molecule has 138 valence electrons. The van der Waals surface area contributed by atoms with Gasteiger partial charge in [-0.25, -0.2) is 4.79 Å². The van der Waals surface area contributed by atoms with Crippen LogP contribution in [0.1, 0.15) is 40.0 Å². The molecule has 1 aromatic rings. The van der Waals surface area contributed by atoms with Crippen molar-refractivity contribution in [1.82, 2.24) is 15.5 Å². The third-order valence-electron chi connectivity index (χ3n) is 4.00. The van der Waals surface area contributed by atoms with E-state index in [9.17, 15) is 9.59 Å². The van der Waals surface area contributed by atoms with E-state index < -0.39 is 0 Å². The van der Waals surface area contributed by atoms with Crippen LogP contribution in [0.15, 0.2) is 30.3 Å². The highest BCUT2D eigenvalue weighted by molar-refractivity contribution is 5.77. The summed E-state index contributed by atoms with van der Waals surface area (Å²) >= 11 is 0. The fraction of sp³-hybridized carbons (Fsp3) is 0.579. The molecule has 1 aliphatic heterocycles. The van der Waals surface area contributed by atoms with Gasteiger partial charge in [-0.3, -0.25) is 4.79 Å². The molecule has 0 unspecified atom stereocenters. The summed E-state index contributed by atoms with van der Waals surface area (Å²) in [5, 5.41) is 5.88. The van der Waals surface area contributed by atoms with Gasteiger partial charge < -0.3 is 20.3 Å². The minimum absolute atomic E-state index is 0.105. The van der Waals surface area contributed by atoms with Crippen molar-refractivity contribution in [3.05, 3.63) is 30.3 Å². The van der Waals surface area contributed by atoms with Crippen molar-refractivity contribution in [2.45, 2.75) is 51.6 Å². The number of carbonyl (C=O) groups excluding carboxylic acids is 2. The molecule has 0 aromatic heterocycles. The Bertz CT molecular complexity index is 561. The van der Waals surface area contributed by atoms with E-state index in [1.807, 2.05) is 56.0 Å². The van der Waals surface area contributed by atoms with Crippen LogP contribution >= 0.6 is 0 Å². The van der Waals surface area contributed by atoms with Crippen LogP contribution in [-0.2, 0) is 4.79 Å². The molecule has 1 aliphatic rings. The number of rotatable bonds is 5. The van der Waals surface area contributed by atoms with Gasteiger partial charge in [0, 0.05) is 24.7 Å². The van der Waals surface area contributed by atoms with E-state index in [1.54, 1.807) is 0 Å². The Morgan fingerprint density at radius 2 is 1.80 bits per heavy atom. The summed E-state index contributed by atoms with van der Waals surface area (Å²) in [6, 6.07) is 9.47. The van der Waals surface area contributed by atoms with E-state index in [1.165, 1.54) is 0 Å². The second-order valence-electron chi connectivity index (χ2n) is 7.42. The zero-order chi connectivity index (χ0) is 18.3. The van der Waals surface area contributed by atoms with Crippen molar-refractivity contribution < 1.29 is 14.3 Å². The third-order valence-corrected chi connectivity index (χ3v) is 4.00. The number of para-hydroxylation sites is 1. The van der Waals surface area contributed by atoms with Crippen LogP contribution in [0.4, 0.5) is 4.79 Å². The zero-order valence-electron chi connectivity index (χ0n) is 15.4. The maximum absolute atomic E-state index is 12.3. The van der Waals surface area contributed by atoms with Crippen LogP contribution in [0.25, 0.3) is 0 Å². The van der Waals surface area contributed by atoms with Crippen molar-refractivity contribution in [1.29, 1.82) is 0 Å². The molecule has 0 aliphatic carbocycles. The fourth-order valence-electron chi connectivity index (χ4n) is 2.77. The summed E-state index contributed by atoms with van der Waals surface area (Å²) in [6.45, 7) is 7.58. The molecule has 2 rings (SSSR count). The highest BCUT2D eigenvalue weighted by Gasteiger charge is 2.24. The summed E-state index contributed by atoms with van der Waals surface area (Å²) in [7, 11) is 0. The molecule has 0 saturated carbocycles. The number of hydrogen-bond acceptors (Lipinski definition) is 3. The number of ether oxygens (including phenoxy) is 1. The first-order chi connectivity index (χ1) is 11.8. The molecule has 25 heavy (non-hydrogen) atoms. The second-order valence-corrected chi connectivity index (χ2v) is 7.42. The van der Waals surface area contributed by atoms with Gasteiger partial charge in [0.05, 0.1) is 13.0 Å². The Kier molecular flexibility index (Phi) is 6.67. The van der Waals surface area contributed by atoms with Crippen molar-refractivity contribution in [2.75, 3.05) is 19.7 Å². The van der Waals surface area contributed by atoms with Gasteiger partial charge in [0.1, 0.15) is 5.75 Å². The number of nitrogens with zero attached hydrogens (tertiary/aromatic N) is 1. The van der Waals surface area contributed by atoms with Crippen LogP contribution in [0.3, 0.4) is 0 Å². The van der Waals surface area contributed by atoms with Gasteiger partial charge in [0.15, 0.2) is 0 Å². The molecule has 0 radical (unpaired) electrons. The summed E-state index contributed by atoms with van der Waals surface area (Å²) in [5.41, 5.74) is -0.250. The Morgan fingerprint density at radius 1 is 1.16 bits per heavy atom. The average molecular weight is 347 g/mol. The molecular weight excluding hydrogens is 318 g/mol. The van der Waals surface area contributed by atoms with E-state index in [2.05, 4.69) is 10.6 Å². The molecule has 6 nitrogen and oxygen atoms in total. The Labute approximate surface area is 149 Å². The smallest absolute Gasteiger partial charge is 0.315 e. The van der Waals surface area contributed by atoms with E-state index in [0.717, 1.165) is 18.6 Å². The number of nitrogens with one attached hydrogen (secondary N) is 2. The summed E-state index contributed by atoms with van der Waals surface area (Å²) in [5.74, 6) is 0.886. The Balaban J connectivity index is 1.65. The van der Waals surface area contributed by atoms with Gasteiger partial charge in [-0.15, -0.1) is 0 Å². The fourth-order valence-corrected chi connectivity index (χ4v) is 2.77. The summed E-state index contributed by atoms with van der Waals surface area (Å²) in [4.78, 5) is 26.0. The van der Waals surface area contributed by atoms with Gasteiger partial charge in [-0.1, -0.05) is 18.2 Å². The van der Waals surface area contributed by atoms with Gasteiger partial charge >= 0.3 is 6.03 Å². The number of amides is 3. The van der Waals surface area contributed by atoms with Crippen molar-refractivity contribution in [3.8, 4) is 5.75 Å². The lowest BCUT2D eigenvalue weighted by Gasteiger charge is -2.33. The van der Waals surface area contributed by atoms with Crippen molar-refractivity contribution in [3.63, 3.8) is 0 Å². The van der Waals surface area contributed by atoms with E-state index >= 15 is 0 Å². The SMILES string of the molecule is CC(C)(C)NC(=O)NC1CCN(C(=O)CCOc2ccccc2)CC1. The normalized spacial score (nSPS) is 15.6. The Hall–Kier alpha value is -2.24. The van der Waals surface area contributed by atoms with Crippen LogP contribution in [-0.4, -0.2) is 48.1 Å². The monoisotopic (exact) mass is 347 g/mol. The molecule has 2 N–H and O–H groups in total. The van der Waals surface area contributed by atoms with Crippen LogP contribution in [0, 0.1) is 0 Å². The maximum atomic E-state index is 12.3. The summed E-state index contributed by atoms with van der Waals surface area (Å²) < 4.78 is 5.57. The zero-order valence-corrected chi connectivity index (χ0v) is 15.4. The molecule has 1 heterocycles. The lowest BCUT2D eigenvalue weighted by molar-refractivity contribution is -0.132. The first-order valence-corrected chi connectivity index (χ1v) is 8.88. The minimum atomic E-state index is -0.250. The van der Waals surface area contributed by atoms with Gasteiger partial charge in [-0.05, 0) is 45.7 Å². The molecule has 1 aromatic carbocycles. The standard InChI is InChI=1S/C19H29N3O3/c1-19(2,3)21-18(24)20-15-9-12-22(13-10-15)17(23)11-14-25-16-7-5-4-6-8-16/h4-8,15H,9-14H2,1-3H3,(H2,20,21,24). The topological polar surface area (TPSA) is 70.7 Å². The van der Waals surface area contributed by atoms with Crippen molar-refractivity contribution >= 4 is 11.9 Å². The van der Waals surface area contributed by atoms with Crippen LogP contribution in [0.5, 0.6) is 5.75 Å². The number of likely N-dealkylation sites (tertiary alicyclic amines) is 1. The van der Waals surface area contributed by atoms with E-state index in [-0.39, 0.29) is 23.5 Å². The molecule has 0 spiro atoms. The molecule has 6 heteroatoms. The lowest BCUT2D eigenvalue weighted by Crippen LogP contribution is -2.52. The highest BCUT2D eigenvalue weighted by Crippen LogP contribution is 2.13. The molecular formula is C19H29N3O3. The van der Waals surface area contributed by atoms with Gasteiger partial charge in [-0.2, -0.15) is 0 Å².